The number of benzene rings is 2. The van der Waals surface area contributed by atoms with Gasteiger partial charge >= 0.3 is 0 Å². The molecule has 0 saturated carbocycles. The van der Waals surface area contributed by atoms with Crippen LogP contribution in [-0.2, 0) is 7.05 Å². The van der Waals surface area contributed by atoms with Gasteiger partial charge in [-0.3, -0.25) is 9.48 Å². The number of aryl methyl sites for hydroxylation is 1. The first-order valence-corrected chi connectivity index (χ1v) is 12.2. The molecule has 0 radical (unpaired) electrons. The van der Waals surface area contributed by atoms with Crippen molar-refractivity contribution < 1.29 is 4.79 Å². The first-order valence-electron chi connectivity index (χ1n) is 12.2. The number of imidazole rings is 1. The summed E-state index contributed by atoms with van der Waals surface area (Å²) in [4.78, 5) is 17.6. The summed E-state index contributed by atoms with van der Waals surface area (Å²) in [7, 11) is 1.85. The molecule has 0 aliphatic rings. The molecule has 0 bridgehead atoms. The predicted molar refractivity (Wildman–Crippen MR) is 147 cm³/mol. The predicted octanol–water partition coefficient (Wildman–Crippen LogP) is 3.55. The van der Waals surface area contributed by atoms with Crippen LogP contribution >= 0.6 is 0 Å². The molecular formula is C29H23N9O. The number of nitrogen functional groups attached to an aromatic ring is 1. The second-order valence-corrected chi connectivity index (χ2v) is 9.07. The maximum Gasteiger partial charge on any atom is 0.274 e. The van der Waals surface area contributed by atoms with Crippen molar-refractivity contribution in [1.29, 1.82) is 0 Å². The van der Waals surface area contributed by atoms with Crippen molar-refractivity contribution in [2.75, 3.05) is 5.73 Å². The second-order valence-electron chi connectivity index (χ2n) is 9.07. The average molecular weight is 514 g/mol. The summed E-state index contributed by atoms with van der Waals surface area (Å²) in [5.74, 6) is 6.09. The van der Waals surface area contributed by atoms with Gasteiger partial charge < -0.3 is 11.1 Å². The number of carbonyl (C=O) groups excluding carboxylic acids is 1. The smallest absolute Gasteiger partial charge is 0.274 e. The fraction of sp³-hybridized carbons (Fsp3) is 0.103. The van der Waals surface area contributed by atoms with Crippen LogP contribution in [0.25, 0.3) is 27.7 Å². The van der Waals surface area contributed by atoms with Gasteiger partial charge in [0.25, 0.3) is 5.91 Å². The highest BCUT2D eigenvalue weighted by Crippen LogP contribution is 2.33. The summed E-state index contributed by atoms with van der Waals surface area (Å²) in [5, 5.41) is 20.9. The zero-order valence-corrected chi connectivity index (χ0v) is 21.2. The zero-order chi connectivity index (χ0) is 26.9. The third-order valence-electron chi connectivity index (χ3n) is 6.39. The second kappa shape index (κ2) is 9.72. The van der Waals surface area contributed by atoms with Gasteiger partial charge in [0.05, 0.1) is 35.1 Å². The van der Waals surface area contributed by atoms with E-state index in [1.165, 1.54) is 4.52 Å². The van der Waals surface area contributed by atoms with Crippen LogP contribution < -0.4 is 11.1 Å². The van der Waals surface area contributed by atoms with Crippen molar-refractivity contribution in [2.45, 2.75) is 13.0 Å². The number of nitrogens with two attached hydrogens (primary N) is 1. The van der Waals surface area contributed by atoms with Crippen LogP contribution in [0.5, 0.6) is 0 Å². The molecule has 0 unspecified atom stereocenters. The van der Waals surface area contributed by atoms with Crippen LogP contribution in [0.2, 0.25) is 0 Å². The third kappa shape index (κ3) is 4.53. The molecule has 0 fully saturated rings. The summed E-state index contributed by atoms with van der Waals surface area (Å²) >= 11 is 0. The fourth-order valence-electron chi connectivity index (χ4n) is 4.53. The lowest BCUT2D eigenvalue weighted by atomic mass is 9.92. The van der Waals surface area contributed by atoms with E-state index in [2.05, 4.69) is 48.6 Å². The summed E-state index contributed by atoms with van der Waals surface area (Å²) in [5.41, 5.74) is 11.8. The molecule has 0 aliphatic carbocycles. The standard InChI is InChI=1S/C29H23N9O/c1-18(34-29(39)27-28(30)35-26-9-6-12-32-38(26)27)22-14-25-24(13-23(22)20-7-4-3-5-8-20)21(16-31-36-25)11-10-19-15-33-37(2)17-19/h3-9,12-18H,30H2,1-2H3,(H,34,39)/t18-/m1/s1. The third-order valence-corrected chi connectivity index (χ3v) is 6.39. The number of anilines is 1. The maximum atomic E-state index is 13.4. The number of carbonyl (C=O) groups is 1. The highest BCUT2D eigenvalue weighted by molar-refractivity contribution is 5.98. The summed E-state index contributed by atoms with van der Waals surface area (Å²) in [6.45, 7) is 1.91. The van der Waals surface area contributed by atoms with E-state index in [0.29, 0.717) is 11.2 Å². The molecule has 4 aromatic heterocycles. The molecule has 10 heteroatoms. The zero-order valence-electron chi connectivity index (χ0n) is 21.2. The number of nitrogens with zero attached hydrogens (tertiary/aromatic N) is 7. The molecule has 10 nitrogen and oxygen atoms in total. The van der Waals surface area contributed by atoms with Gasteiger partial charge in [-0.05, 0) is 47.9 Å². The van der Waals surface area contributed by atoms with Gasteiger partial charge in [0, 0.05) is 24.8 Å². The Kier molecular flexibility index (Phi) is 5.93. The quantitative estimate of drug-likeness (QED) is 0.345. The highest BCUT2D eigenvalue weighted by atomic mass is 16.2. The van der Waals surface area contributed by atoms with Crippen LogP contribution in [0.15, 0.2) is 79.4 Å². The minimum absolute atomic E-state index is 0.114. The number of nitrogens with one attached hydrogen (secondary N) is 1. The number of aromatic nitrogens is 7. The van der Waals surface area contributed by atoms with Crippen molar-refractivity contribution >= 4 is 28.3 Å². The summed E-state index contributed by atoms with van der Waals surface area (Å²) in [6, 6.07) is 17.1. The molecule has 1 atom stereocenters. The van der Waals surface area contributed by atoms with E-state index >= 15 is 0 Å². The number of fused-ring (bicyclic) bond motifs is 2. The van der Waals surface area contributed by atoms with Crippen molar-refractivity contribution in [3.8, 4) is 23.0 Å². The normalized spacial score (nSPS) is 11.7. The summed E-state index contributed by atoms with van der Waals surface area (Å²) in [6.07, 6.45) is 6.81. The Morgan fingerprint density at radius 2 is 1.90 bits per heavy atom. The van der Waals surface area contributed by atoms with Gasteiger partial charge in [-0.1, -0.05) is 42.2 Å². The highest BCUT2D eigenvalue weighted by Gasteiger charge is 2.22. The Hall–Kier alpha value is -5.56. The van der Waals surface area contributed by atoms with Crippen LogP contribution in [-0.4, -0.2) is 40.5 Å². The van der Waals surface area contributed by atoms with Crippen LogP contribution in [0.4, 0.5) is 5.82 Å². The molecule has 190 valence electrons. The molecular weight excluding hydrogens is 490 g/mol. The maximum absolute atomic E-state index is 13.4. The first-order chi connectivity index (χ1) is 19.0. The van der Waals surface area contributed by atoms with E-state index in [1.54, 1.807) is 35.4 Å². The van der Waals surface area contributed by atoms with E-state index in [0.717, 1.165) is 33.2 Å². The van der Waals surface area contributed by atoms with Crippen molar-refractivity contribution in [1.82, 2.24) is 39.9 Å². The van der Waals surface area contributed by atoms with E-state index in [1.807, 2.05) is 56.6 Å². The Morgan fingerprint density at radius 3 is 2.69 bits per heavy atom. The number of rotatable bonds is 4. The van der Waals surface area contributed by atoms with E-state index in [4.69, 9.17) is 5.73 Å². The van der Waals surface area contributed by atoms with Crippen molar-refractivity contribution in [3.05, 3.63) is 102 Å². The lowest BCUT2D eigenvalue weighted by Gasteiger charge is -2.19. The molecule has 1 amide bonds. The van der Waals surface area contributed by atoms with E-state index in [9.17, 15) is 4.79 Å². The fourth-order valence-corrected chi connectivity index (χ4v) is 4.53. The Morgan fingerprint density at radius 1 is 1.05 bits per heavy atom. The van der Waals surface area contributed by atoms with Gasteiger partial charge in [-0.2, -0.15) is 20.4 Å². The largest absolute Gasteiger partial charge is 0.382 e. The van der Waals surface area contributed by atoms with Gasteiger partial charge in [0.15, 0.2) is 17.2 Å². The van der Waals surface area contributed by atoms with Gasteiger partial charge in [0.1, 0.15) is 0 Å². The van der Waals surface area contributed by atoms with Crippen LogP contribution in [0.1, 0.15) is 40.1 Å². The van der Waals surface area contributed by atoms with Crippen molar-refractivity contribution in [3.63, 3.8) is 0 Å². The van der Waals surface area contributed by atoms with Gasteiger partial charge in [-0.15, -0.1) is 0 Å². The summed E-state index contributed by atoms with van der Waals surface area (Å²) < 4.78 is 3.15. The van der Waals surface area contributed by atoms with E-state index in [-0.39, 0.29) is 17.4 Å². The molecule has 4 heterocycles. The van der Waals surface area contributed by atoms with Gasteiger partial charge in [0.2, 0.25) is 0 Å². The first kappa shape index (κ1) is 23.8. The topological polar surface area (TPSA) is 129 Å². The molecule has 6 aromatic rings. The lowest BCUT2D eigenvalue weighted by Crippen LogP contribution is -2.29. The Labute approximate surface area is 223 Å². The SMILES string of the molecule is C[C@@H](NC(=O)c1c(N)nc2cccnn12)c1cc2nncc(C#Cc3cnn(C)c3)c2cc1-c1ccccc1. The number of hydrogen-bond acceptors (Lipinski definition) is 7. The molecule has 3 N–H and O–H groups in total. The number of hydrogen-bond donors (Lipinski definition) is 2. The minimum Gasteiger partial charge on any atom is -0.382 e. The van der Waals surface area contributed by atoms with Crippen LogP contribution in [0.3, 0.4) is 0 Å². The van der Waals surface area contributed by atoms with Crippen molar-refractivity contribution in [2.24, 2.45) is 7.05 Å². The molecule has 0 spiro atoms. The molecule has 2 aromatic carbocycles. The molecule has 0 aliphatic heterocycles. The molecule has 6 rings (SSSR count). The molecule has 0 saturated heterocycles. The molecule has 39 heavy (non-hydrogen) atoms. The lowest BCUT2D eigenvalue weighted by molar-refractivity contribution is 0.0934. The van der Waals surface area contributed by atoms with E-state index < -0.39 is 6.04 Å². The minimum atomic E-state index is -0.405. The Balaban J connectivity index is 1.43. The average Bonchev–Trinajstić information content (AvgIpc) is 3.52. The number of amides is 1. The monoisotopic (exact) mass is 513 g/mol. The van der Waals surface area contributed by atoms with Gasteiger partial charge in [-0.25, -0.2) is 9.50 Å². The Bertz CT molecular complexity index is 1910. The van der Waals surface area contributed by atoms with Crippen LogP contribution in [0, 0.1) is 11.8 Å².